The number of ketones is 1. The maximum absolute atomic E-state index is 13.0. The van der Waals surface area contributed by atoms with Gasteiger partial charge in [-0.2, -0.15) is 0 Å². The lowest BCUT2D eigenvalue weighted by molar-refractivity contribution is -0.115. The van der Waals surface area contributed by atoms with Crippen molar-refractivity contribution in [1.29, 1.82) is 0 Å². The Kier molecular flexibility index (Phi) is 6.76. The summed E-state index contributed by atoms with van der Waals surface area (Å²) in [5, 5.41) is 5.56. The number of amidine groups is 1. The third kappa shape index (κ3) is 5.85. The highest BCUT2D eigenvalue weighted by molar-refractivity contribution is 6.11. The predicted molar refractivity (Wildman–Crippen MR) is 112 cm³/mol. The number of nitrogens with two attached hydrogens (primary N) is 1. The van der Waals surface area contributed by atoms with E-state index in [-0.39, 0.29) is 18.4 Å². The Morgan fingerprint density at radius 3 is 2.90 bits per heavy atom. The van der Waals surface area contributed by atoms with Gasteiger partial charge in [0.05, 0.1) is 18.7 Å². The molecule has 8 nitrogen and oxygen atoms in total. The highest BCUT2D eigenvalue weighted by atomic mass is 19.3. The molecule has 1 aliphatic carbocycles. The Bertz CT molecular complexity index is 922. The number of carbonyl (C=O) groups excluding carboxylic acids is 1. The number of Topliss-reactive ketones (excluding diaryl/α,β-unsaturated/α-hetero) is 1. The summed E-state index contributed by atoms with van der Waals surface area (Å²) in [5.41, 5.74) is 6.92. The van der Waals surface area contributed by atoms with Crippen LogP contribution in [0.25, 0.3) is 5.57 Å². The molecule has 1 atom stereocenters. The molecule has 1 aromatic rings. The third-order valence-corrected chi connectivity index (χ3v) is 4.20. The van der Waals surface area contributed by atoms with E-state index < -0.39 is 18.3 Å². The molecular weight excluding hydrogens is 394 g/mol. The van der Waals surface area contributed by atoms with Crippen molar-refractivity contribution in [2.75, 3.05) is 11.9 Å². The molecule has 160 valence electrons. The second-order valence-electron chi connectivity index (χ2n) is 7.06. The van der Waals surface area contributed by atoms with Crippen molar-refractivity contribution >= 4 is 29.2 Å². The van der Waals surface area contributed by atoms with Gasteiger partial charge in [-0.1, -0.05) is 0 Å². The van der Waals surface area contributed by atoms with Crippen LogP contribution in [0, 0.1) is 0 Å². The number of aliphatic imine (C=N–C) groups is 2. The first-order chi connectivity index (χ1) is 14.4. The number of halogens is 2. The summed E-state index contributed by atoms with van der Waals surface area (Å²) in [6.45, 7) is 3.21. The van der Waals surface area contributed by atoms with Crippen molar-refractivity contribution in [2.24, 2.45) is 15.7 Å². The molecule has 0 spiro atoms. The van der Waals surface area contributed by atoms with E-state index in [9.17, 15) is 13.6 Å². The van der Waals surface area contributed by atoms with Gasteiger partial charge in [-0.05, 0) is 32.8 Å². The van der Waals surface area contributed by atoms with Gasteiger partial charge in [0.1, 0.15) is 17.4 Å². The number of anilines is 1. The maximum Gasteiger partial charge on any atom is 0.295 e. The number of nitrogens with one attached hydrogen (secondary N) is 2. The molecule has 1 aliphatic heterocycles. The molecule has 0 saturated heterocycles. The van der Waals surface area contributed by atoms with Gasteiger partial charge in [-0.25, -0.2) is 13.8 Å². The first kappa shape index (κ1) is 21.4. The van der Waals surface area contributed by atoms with Crippen LogP contribution < -0.4 is 21.1 Å². The van der Waals surface area contributed by atoms with Crippen LogP contribution in [0.15, 0.2) is 40.3 Å². The van der Waals surface area contributed by atoms with Crippen LogP contribution in [0.1, 0.15) is 32.3 Å². The van der Waals surface area contributed by atoms with Gasteiger partial charge in [0.2, 0.25) is 0 Å². The topological polar surface area (TPSA) is 114 Å². The van der Waals surface area contributed by atoms with E-state index >= 15 is 0 Å². The van der Waals surface area contributed by atoms with E-state index in [1.165, 1.54) is 19.3 Å². The number of pyridine rings is 1. The van der Waals surface area contributed by atoms with Gasteiger partial charge in [0, 0.05) is 35.8 Å². The number of ether oxygens (including phenoxy) is 1. The van der Waals surface area contributed by atoms with Gasteiger partial charge >= 0.3 is 0 Å². The summed E-state index contributed by atoms with van der Waals surface area (Å²) in [7, 11) is 0. The highest BCUT2D eigenvalue weighted by Gasteiger charge is 2.26. The van der Waals surface area contributed by atoms with E-state index in [1.807, 2.05) is 0 Å². The zero-order valence-corrected chi connectivity index (χ0v) is 16.7. The summed E-state index contributed by atoms with van der Waals surface area (Å²) in [4.78, 5) is 23.4. The van der Waals surface area contributed by atoms with Gasteiger partial charge in [0.15, 0.2) is 11.6 Å². The van der Waals surface area contributed by atoms with Crippen LogP contribution in [0.4, 0.5) is 14.6 Å². The third-order valence-electron chi connectivity index (χ3n) is 4.20. The number of carbonyl (C=O) groups is 1. The van der Waals surface area contributed by atoms with Crippen molar-refractivity contribution in [1.82, 2.24) is 10.3 Å². The fraction of sp³-hybridized carbons (Fsp3) is 0.400. The van der Waals surface area contributed by atoms with Crippen molar-refractivity contribution in [2.45, 2.75) is 45.3 Å². The van der Waals surface area contributed by atoms with Crippen LogP contribution in [-0.2, 0) is 4.79 Å². The van der Waals surface area contributed by atoms with Crippen LogP contribution in [0.5, 0.6) is 5.75 Å². The molecule has 0 bridgehead atoms. The Balaban J connectivity index is 1.82. The molecule has 1 fully saturated rings. The minimum absolute atomic E-state index is 0.0508. The Morgan fingerprint density at radius 2 is 2.27 bits per heavy atom. The molecule has 1 unspecified atom stereocenters. The Morgan fingerprint density at radius 1 is 1.50 bits per heavy atom. The normalized spacial score (nSPS) is 19.4. The Hall–Kier alpha value is -3.30. The first-order valence-corrected chi connectivity index (χ1v) is 9.55. The van der Waals surface area contributed by atoms with E-state index in [2.05, 4.69) is 25.6 Å². The summed E-state index contributed by atoms with van der Waals surface area (Å²) in [5.74, 6) is 0.849. The van der Waals surface area contributed by atoms with Gasteiger partial charge < -0.3 is 21.1 Å². The molecule has 30 heavy (non-hydrogen) atoms. The summed E-state index contributed by atoms with van der Waals surface area (Å²) in [6, 6.07) is 1.28. The zero-order valence-electron chi connectivity index (χ0n) is 16.7. The molecule has 10 heteroatoms. The Labute approximate surface area is 173 Å². The summed E-state index contributed by atoms with van der Waals surface area (Å²) < 4.78 is 32.0. The molecular formula is C20H24F2N6O2. The van der Waals surface area contributed by atoms with Crippen LogP contribution >= 0.6 is 0 Å². The predicted octanol–water partition coefficient (Wildman–Crippen LogP) is 2.49. The van der Waals surface area contributed by atoms with Crippen molar-refractivity contribution in [3.05, 3.63) is 35.9 Å². The number of alkyl halides is 2. The highest BCUT2D eigenvalue weighted by Crippen LogP contribution is 2.33. The van der Waals surface area contributed by atoms with E-state index in [0.717, 1.165) is 12.8 Å². The average Bonchev–Trinajstić information content (AvgIpc) is 3.49. The largest absolute Gasteiger partial charge is 0.490 e. The lowest BCUT2D eigenvalue weighted by Gasteiger charge is -2.21. The molecule has 2 heterocycles. The van der Waals surface area contributed by atoms with Crippen LogP contribution in [0.3, 0.4) is 0 Å². The van der Waals surface area contributed by atoms with E-state index in [4.69, 9.17) is 10.5 Å². The van der Waals surface area contributed by atoms with Crippen LogP contribution in [0.2, 0.25) is 0 Å². The lowest BCUT2D eigenvalue weighted by atomic mass is 10.1. The second-order valence-corrected chi connectivity index (χ2v) is 7.06. The van der Waals surface area contributed by atoms with E-state index in [0.29, 0.717) is 28.5 Å². The fourth-order valence-corrected chi connectivity index (χ4v) is 2.69. The fourth-order valence-electron chi connectivity index (χ4n) is 2.69. The number of allylic oxidation sites excluding steroid dienone is 1. The lowest BCUT2D eigenvalue weighted by Crippen LogP contribution is -2.36. The minimum Gasteiger partial charge on any atom is -0.490 e. The van der Waals surface area contributed by atoms with Crippen molar-refractivity contribution in [3.8, 4) is 5.75 Å². The standard InChI is InChI=1S/C20H24F2N6O2/c1-11-5-18(28-20(26-11)19(21)22)27-17-6-16(30-14-3-4-14)15(10-25-17)13(7-23)9-24-8-12(2)29/h5-7,9-11,14,19H,3-4,8,23H2,1-2H3,(H,25,27)(H,26,28)/b13-7+,24-9?. The van der Waals surface area contributed by atoms with Gasteiger partial charge in [0.25, 0.3) is 6.43 Å². The first-order valence-electron chi connectivity index (χ1n) is 9.55. The molecule has 0 amide bonds. The number of rotatable bonds is 9. The second kappa shape index (κ2) is 9.47. The summed E-state index contributed by atoms with van der Waals surface area (Å²) in [6.07, 6.45) is 5.42. The molecule has 3 rings (SSSR count). The average molecular weight is 418 g/mol. The van der Waals surface area contributed by atoms with Gasteiger partial charge in [-0.3, -0.25) is 14.8 Å². The van der Waals surface area contributed by atoms with Gasteiger partial charge in [-0.15, -0.1) is 0 Å². The van der Waals surface area contributed by atoms with Crippen molar-refractivity contribution in [3.63, 3.8) is 0 Å². The SMILES string of the molecule is CC(=O)CN=C/C(=C\N)c1cnc(NC2=CC(C)N=C(C(F)F)N2)cc1OC1CC1. The quantitative estimate of drug-likeness (QED) is 0.531. The molecule has 1 aromatic heterocycles. The zero-order chi connectivity index (χ0) is 21.7. The summed E-state index contributed by atoms with van der Waals surface area (Å²) >= 11 is 0. The van der Waals surface area contributed by atoms with E-state index in [1.54, 1.807) is 25.3 Å². The number of nitrogens with zero attached hydrogens (tertiary/aromatic N) is 3. The molecule has 0 radical (unpaired) electrons. The van der Waals surface area contributed by atoms with Crippen LogP contribution in [-0.4, -0.2) is 47.9 Å². The molecule has 1 saturated carbocycles. The minimum atomic E-state index is -2.70. The number of hydrogen-bond donors (Lipinski definition) is 3. The molecule has 2 aliphatic rings. The molecule has 0 aromatic carbocycles. The van der Waals surface area contributed by atoms with Crippen molar-refractivity contribution < 1.29 is 18.3 Å². The maximum atomic E-state index is 13.0. The molecule has 4 N–H and O–H groups in total. The number of hydrogen-bond acceptors (Lipinski definition) is 8. The smallest absolute Gasteiger partial charge is 0.295 e. The monoisotopic (exact) mass is 418 g/mol. The number of aromatic nitrogens is 1.